The topological polar surface area (TPSA) is 277 Å². The second-order valence-electron chi connectivity index (χ2n) is 15.4. The van der Waals surface area contributed by atoms with Crippen LogP contribution in [0.2, 0.25) is 0 Å². The fourth-order valence-electron chi connectivity index (χ4n) is 7.21. The van der Waals surface area contributed by atoms with E-state index in [9.17, 15) is 29.1 Å². The van der Waals surface area contributed by atoms with Gasteiger partial charge in [0.25, 0.3) is 5.91 Å². The minimum absolute atomic E-state index is 0.000333. The summed E-state index contributed by atoms with van der Waals surface area (Å²) in [6.45, 7) is 8.55. The summed E-state index contributed by atoms with van der Waals surface area (Å²) >= 11 is 0. The predicted molar refractivity (Wildman–Crippen MR) is 233 cm³/mol. The third-order valence-corrected chi connectivity index (χ3v) is 10.2. The SMILES string of the molecule is Cc1nc(-c2ccc(OC(C)C)cc2)nc(C)c1C(=O)NC(CCN)C(=O)N(C)[C@@H]1C(=O)N[C@@H](C)C(=O)N[C@H](C(=O)NCC#N)Cc2ccc(O)c(c2)-c2cc1ccc2OCCN. The first kappa shape index (κ1) is 47.0. The number of nitrogens with zero attached hydrogens (tertiary/aromatic N) is 4. The maximum atomic E-state index is 14.6. The monoisotopic (exact) mass is 862 g/mol. The number of nitrogens with two attached hydrogens (primary N) is 2. The number of benzene rings is 3. The van der Waals surface area contributed by atoms with Crippen LogP contribution in [0.15, 0.2) is 60.7 Å². The van der Waals surface area contributed by atoms with Crippen molar-refractivity contribution in [2.45, 2.75) is 77.7 Å². The van der Waals surface area contributed by atoms with Crippen LogP contribution < -0.4 is 42.2 Å². The lowest BCUT2D eigenvalue weighted by Gasteiger charge is -2.32. The van der Waals surface area contributed by atoms with Gasteiger partial charge in [0, 0.05) is 36.7 Å². The number of nitriles is 1. The summed E-state index contributed by atoms with van der Waals surface area (Å²) in [5.41, 5.74) is 14.7. The Morgan fingerprint density at radius 1 is 0.968 bits per heavy atom. The van der Waals surface area contributed by atoms with E-state index in [0.717, 1.165) is 4.90 Å². The molecule has 1 aliphatic rings. The van der Waals surface area contributed by atoms with Gasteiger partial charge in [0.15, 0.2) is 5.82 Å². The van der Waals surface area contributed by atoms with Gasteiger partial charge in [-0.1, -0.05) is 12.1 Å². The largest absolute Gasteiger partial charge is 0.507 e. The summed E-state index contributed by atoms with van der Waals surface area (Å²) in [7, 11) is 1.38. The highest BCUT2D eigenvalue weighted by atomic mass is 16.5. The molecule has 0 saturated carbocycles. The number of phenolic OH excluding ortho intramolecular Hbond substituents is 1. The normalized spacial score (nSPS) is 16.7. The lowest BCUT2D eigenvalue weighted by atomic mass is 9.93. The molecule has 4 bridgehead atoms. The molecule has 0 radical (unpaired) electrons. The van der Waals surface area contributed by atoms with Crippen LogP contribution in [0.3, 0.4) is 0 Å². The highest BCUT2D eigenvalue weighted by Crippen LogP contribution is 2.39. The summed E-state index contributed by atoms with van der Waals surface area (Å²) in [6.07, 6.45) is -0.0570. The predicted octanol–water partition coefficient (Wildman–Crippen LogP) is 2.09. The van der Waals surface area contributed by atoms with Gasteiger partial charge in [0.05, 0.1) is 29.1 Å². The van der Waals surface area contributed by atoms with Crippen molar-refractivity contribution in [2.24, 2.45) is 11.5 Å². The molecule has 4 atom stereocenters. The lowest BCUT2D eigenvalue weighted by Crippen LogP contribution is -2.56. The van der Waals surface area contributed by atoms with E-state index < -0.39 is 53.7 Å². The molecule has 0 fully saturated rings. The van der Waals surface area contributed by atoms with E-state index in [2.05, 4.69) is 31.2 Å². The number of carbonyl (C=O) groups is 5. The maximum absolute atomic E-state index is 14.6. The number of hydrogen-bond donors (Lipinski definition) is 7. The summed E-state index contributed by atoms with van der Waals surface area (Å²) in [5, 5.41) is 30.9. The Kier molecular flexibility index (Phi) is 15.7. The van der Waals surface area contributed by atoms with Crippen LogP contribution in [-0.4, -0.2) is 107 Å². The third kappa shape index (κ3) is 11.4. The average molecular weight is 863 g/mol. The zero-order chi connectivity index (χ0) is 46.0. The van der Waals surface area contributed by atoms with Gasteiger partial charge in [0.1, 0.15) is 54.6 Å². The fourth-order valence-corrected chi connectivity index (χ4v) is 7.21. The van der Waals surface area contributed by atoms with Gasteiger partial charge in [0.2, 0.25) is 23.6 Å². The summed E-state index contributed by atoms with van der Waals surface area (Å²) < 4.78 is 11.7. The molecule has 332 valence electrons. The molecule has 5 amide bonds. The number of amides is 5. The van der Waals surface area contributed by atoms with Crippen LogP contribution in [0.5, 0.6) is 17.2 Å². The molecule has 3 aromatic carbocycles. The smallest absolute Gasteiger partial charge is 0.255 e. The molecule has 18 nitrogen and oxygen atoms in total. The number of aromatic nitrogens is 2. The molecule has 18 heteroatoms. The first-order chi connectivity index (χ1) is 30.1. The van der Waals surface area contributed by atoms with E-state index in [4.69, 9.17) is 26.2 Å². The molecule has 0 saturated heterocycles. The number of nitrogens with one attached hydrogen (secondary N) is 4. The Bertz CT molecular complexity index is 2360. The Morgan fingerprint density at radius 3 is 2.30 bits per heavy atom. The number of carbonyl (C=O) groups excluding carboxylic acids is 5. The van der Waals surface area contributed by atoms with Crippen molar-refractivity contribution >= 4 is 29.5 Å². The minimum atomic E-state index is -1.43. The van der Waals surface area contributed by atoms with Crippen LogP contribution >= 0.6 is 0 Å². The van der Waals surface area contributed by atoms with Crippen molar-refractivity contribution in [3.05, 3.63) is 88.7 Å². The number of fused-ring (bicyclic) bond motifs is 5. The number of phenols is 1. The highest BCUT2D eigenvalue weighted by Gasteiger charge is 2.36. The molecule has 5 rings (SSSR count). The Hall–Kier alpha value is -7.10. The van der Waals surface area contributed by atoms with E-state index in [1.807, 2.05) is 44.2 Å². The van der Waals surface area contributed by atoms with Gasteiger partial charge in [-0.25, -0.2) is 9.97 Å². The third-order valence-electron chi connectivity index (χ3n) is 10.2. The van der Waals surface area contributed by atoms with Gasteiger partial charge in [-0.15, -0.1) is 0 Å². The van der Waals surface area contributed by atoms with E-state index in [1.165, 1.54) is 20.0 Å². The minimum Gasteiger partial charge on any atom is -0.507 e. The zero-order valence-corrected chi connectivity index (χ0v) is 36.2. The van der Waals surface area contributed by atoms with E-state index in [-0.39, 0.29) is 67.6 Å². The Balaban J connectivity index is 1.53. The summed E-state index contributed by atoms with van der Waals surface area (Å²) in [5.74, 6) is -2.26. The number of likely N-dealkylation sites (N-methyl/N-ethyl adjacent to an activating group) is 1. The van der Waals surface area contributed by atoms with E-state index >= 15 is 0 Å². The number of rotatable bonds is 14. The fraction of sp³-hybridized carbons (Fsp3) is 0.378. The van der Waals surface area contributed by atoms with Crippen molar-refractivity contribution in [2.75, 3.05) is 33.3 Å². The van der Waals surface area contributed by atoms with Gasteiger partial charge in [-0.3, -0.25) is 24.0 Å². The number of ether oxygens (including phenoxy) is 2. The maximum Gasteiger partial charge on any atom is 0.255 e. The van der Waals surface area contributed by atoms with E-state index in [1.54, 1.807) is 44.2 Å². The van der Waals surface area contributed by atoms with Gasteiger partial charge in [-0.05, 0) is 107 Å². The number of aromatic hydroxyl groups is 1. The Morgan fingerprint density at radius 2 is 1.67 bits per heavy atom. The summed E-state index contributed by atoms with van der Waals surface area (Å²) in [4.78, 5) is 80.2. The van der Waals surface area contributed by atoms with Crippen molar-refractivity contribution in [1.29, 1.82) is 5.26 Å². The first-order valence-corrected chi connectivity index (χ1v) is 20.5. The number of hydrogen-bond acceptors (Lipinski definition) is 13. The van der Waals surface area contributed by atoms with Gasteiger partial charge < -0.3 is 52.2 Å². The van der Waals surface area contributed by atoms with Crippen LogP contribution in [-0.2, 0) is 25.6 Å². The molecule has 9 N–H and O–H groups in total. The van der Waals surface area contributed by atoms with Crippen molar-refractivity contribution < 1.29 is 38.6 Å². The van der Waals surface area contributed by atoms with Gasteiger partial charge in [-0.2, -0.15) is 5.26 Å². The van der Waals surface area contributed by atoms with Crippen LogP contribution in [0, 0.1) is 25.2 Å². The summed E-state index contributed by atoms with van der Waals surface area (Å²) in [6, 6.07) is 13.4. The van der Waals surface area contributed by atoms with Crippen LogP contribution in [0.4, 0.5) is 0 Å². The molecule has 1 unspecified atom stereocenters. The molecule has 1 aliphatic heterocycles. The van der Waals surface area contributed by atoms with Crippen LogP contribution in [0.25, 0.3) is 22.5 Å². The second-order valence-corrected chi connectivity index (χ2v) is 15.4. The Labute approximate surface area is 365 Å². The zero-order valence-electron chi connectivity index (χ0n) is 36.2. The molecule has 1 aromatic heterocycles. The van der Waals surface area contributed by atoms with Crippen molar-refractivity contribution in [3.8, 4) is 45.8 Å². The molecular formula is C45H54N10O8. The van der Waals surface area contributed by atoms with E-state index in [0.29, 0.717) is 45.4 Å². The molecular weight excluding hydrogens is 809 g/mol. The molecule has 0 aliphatic carbocycles. The number of aryl methyl sites for hydroxylation is 2. The van der Waals surface area contributed by atoms with Crippen molar-refractivity contribution in [3.63, 3.8) is 0 Å². The average Bonchev–Trinajstić information content (AvgIpc) is 3.24. The van der Waals surface area contributed by atoms with Gasteiger partial charge >= 0.3 is 0 Å². The standard InChI is InChI=1S/C45H54N10O8/c1-24(2)63-31-11-8-29(9-12-31)40-50-25(3)38(26(4)51-40)43(59)53-34(15-16-46)45(61)55(6)39-30-10-14-37(62-20-18-48)33(23-30)32-21-28(7-13-36(32)56)22-35(42(58)49-19-17-47)54-41(57)27(5)52-44(39)60/h7-14,21,23-24,27,34-35,39,56H,15-16,18-20,22,46,48H2,1-6H3,(H,49,58)(H,52,60)(H,53,59)(H,54,57)/t27-,34?,35-,39-/m0/s1. The van der Waals surface area contributed by atoms with Crippen LogP contribution in [0.1, 0.15) is 66.1 Å². The lowest BCUT2D eigenvalue weighted by molar-refractivity contribution is -0.141. The molecule has 4 aromatic rings. The highest BCUT2D eigenvalue weighted by molar-refractivity contribution is 6.00. The molecule has 0 spiro atoms. The first-order valence-electron chi connectivity index (χ1n) is 20.5. The second kappa shape index (κ2) is 21.1. The van der Waals surface area contributed by atoms with Crippen molar-refractivity contribution in [1.82, 2.24) is 36.1 Å². The molecule has 63 heavy (non-hydrogen) atoms. The quantitative estimate of drug-likeness (QED) is 0.0896. The molecule has 2 heterocycles.